The SMILES string of the molecule is CCCCc1c(C)n(C(=O)Cc2ccccc2)c(=O)n1Cc1ccc(-c2ccccc2-n2cnnn2)cc1. The second-order valence-corrected chi connectivity index (χ2v) is 9.36. The molecule has 0 fully saturated rings. The number of hydrogen-bond acceptors (Lipinski definition) is 5. The topological polar surface area (TPSA) is 87.6 Å². The van der Waals surface area contributed by atoms with Gasteiger partial charge in [-0.05, 0) is 52.9 Å². The number of hydrogen-bond donors (Lipinski definition) is 0. The number of carbonyl (C=O) groups excluding carboxylic acids is 1. The van der Waals surface area contributed by atoms with Gasteiger partial charge < -0.3 is 0 Å². The molecule has 2 aromatic heterocycles. The largest absolute Gasteiger partial charge is 0.335 e. The molecule has 0 unspecified atom stereocenters. The molecule has 0 atom stereocenters. The van der Waals surface area contributed by atoms with Crippen LogP contribution in [-0.4, -0.2) is 35.2 Å². The number of nitrogens with zero attached hydrogens (tertiary/aromatic N) is 6. The molecule has 0 aliphatic rings. The fourth-order valence-electron chi connectivity index (χ4n) is 4.83. The van der Waals surface area contributed by atoms with E-state index in [1.807, 2.05) is 85.8 Å². The summed E-state index contributed by atoms with van der Waals surface area (Å²) < 4.78 is 4.76. The van der Waals surface area contributed by atoms with Crippen molar-refractivity contribution in [3.05, 3.63) is 118 Å². The van der Waals surface area contributed by atoms with E-state index < -0.39 is 0 Å². The van der Waals surface area contributed by atoms with Crippen LogP contribution in [0.5, 0.6) is 0 Å². The molecule has 0 spiro atoms. The number of imidazole rings is 1. The predicted octanol–water partition coefficient (Wildman–Crippen LogP) is 4.87. The molecule has 8 nitrogen and oxygen atoms in total. The highest BCUT2D eigenvalue weighted by Crippen LogP contribution is 2.26. The van der Waals surface area contributed by atoms with Crippen LogP contribution in [0.4, 0.5) is 0 Å². The summed E-state index contributed by atoms with van der Waals surface area (Å²) in [7, 11) is 0. The summed E-state index contributed by atoms with van der Waals surface area (Å²) in [6, 6.07) is 25.6. The van der Waals surface area contributed by atoms with Crippen LogP contribution in [0.15, 0.2) is 90.0 Å². The first-order valence-corrected chi connectivity index (χ1v) is 12.9. The van der Waals surface area contributed by atoms with Gasteiger partial charge >= 0.3 is 5.69 Å². The van der Waals surface area contributed by atoms with Gasteiger partial charge in [-0.15, -0.1) is 5.10 Å². The molecule has 3 aromatic carbocycles. The fraction of sp³-hybridized carbons (Fsp3) is 0.233. The minimum atomic E-state index is -0.275. The van der Waals surface area contributed by atoms with E-state index in [9.17, 15) is 9.59 Å². The van der Waals surface area contributed by atoms with Gasteiger partial charge in [-0.2, -0.15) is 4.68 Å². The Hall–Kier alpha value is -4.59. The van der Waals surface area contributed by atoms with Crippen molar-refractivity contribution in [2.75, 3.05) is 0 Å². The third kappa shape index (κ3) is 5.11. The summed E-state index contributed by atoms with van der Waals surface area (Å²) in [6.07, 6.45) is 4.47. The van der Waals surface area contributed by atoms with Crippen LogP contribution in [0.1, 0.15) is 47.1 Å². The zero-order valence-corrected chi connectivity index (χ0v) is 21.6. The van der Waals surface area contributed by atoms with E-state index in [1.54, 1.807) is 15.6 Å². The van der Waals surface area contributed by atoms with Crippen molar-refractivity contribution in [3.8, 4) is 16.8 Å². The molecule has 2 heterocycles. The number of rotatable bonds is 9. The molecule has 0 radical (unpaired) electrons. The van der Waals surface area contributed by atoms with Crippen molar-refractivity contribution < 1.29 is 4.79 Å². The average Bonchev–Trinajstić information content (AvgIpc) is 3.56. The number of unbranched alkanes of at least 4 members (excludes halogenated alkanes) is 1. The van der Waals surface area contributed by atoms with E-state index in [4.69, 9.17) is 0 Å². The van der Waals surface area contributed by atoms with Crippen molar-refractivity contribution in [3.63, 3.8) is 0 Å². The van der Waals surface area contributed by atoms with Gasteiger partial charge in [0.1, 0.15) is 6.33 Å². The number of para-hydroxylation sites is 1. The highest BCUT2D eigenvalue weighted by Gasteiger charge is 2.21. The molecular weight excluding hydrogens is 476 g/mol. The van der Waals surface area contributed by atoms with E-state index in [1.165, 1.54) is 4.57 Å². The van der Waals surface area contributed by atoms with Gasteiger partial charge in [0.25, 0.3) is 0 Å². The molecule has 0 bridgehead atoms. The molecule has 8 heteroatoms. The molecule has 0 N–H and O–H groups in total. The van der Waals surface area contributed by atoms with E-state index in [0.29, 0.717) is 6.54 Å². The molecular formula is C30H30N6O2. The van der Waals surface area contributed by atoms with Gasteiger partial charge in [0, 0.05) is 17.0 Å². The Labute approximate surface area is 221 Å². The summed E-state index contributed by atoms with van der Waals surface area (Å²) in [5.41, 5.74) is 6.16. The van der Waals surface area contributed by atoms with Crippen LogP contribution < -0.4 is 5.69 Å². The van der Waals surface area contributed by atoms with E-state index >= 15 is 0 Å². The lowest BCUT2D eigenvalue weighted by molar-refractivity contribution is 0.0907. The lowest BCUT2D eigenvalue weighted by Gasteiger charge is -2.11. The molecule has 0 saturated carbocycles. The Kier molecular flexibility index (Phi) is 7.40. The third-order valence-electron chi connectivity index (χ3n) is 6.82. The van der Waals surface area contributed by atoms with Crippen molar-refractivity contribution in [2.24, 2.45) is 0 Å². The minimum Gasteiger partial charge on any atom is -0.291 e. The average molecular weight is 507 g/mol. The summed E-state index contributed by atoms with van der Waals surface area (Å²) in [4.78, 5) is 26.8. The number of aromatic nitrogens is 6. The van der Waals surface area contributed by atoms with Gasteiger partial charge in [-0.25, -0.2) is 9.36 Å². The zero-order valence-electron chi connectivity index (χ0n) is 21.6. The van der Waals surface area contributed by atoms with Crippen LogP contribution in [0, 0.1) is 6.92 Å². The molecule has 0 aliphatic carbocycles. The molecule has 5 aromatic rings. The van der Waals surface area contributed by atoms with Crippen LogP contribution in [0.2, 0.25) is 0 Å². The van der Waals surface area contributed by atoms with Gasteiger partial charge in [0.2, 0.25) is 5.91 Å². The van der Waals surface area contributed by atoms with Crippen LogP contribution in [-0.2, 0) is 19.4 Å². The number of carbonyl (C=O) groups is 1. The Balaban J connectivity index is 1.45. The minimum absolute atomic E-state index is 0.189. The Morgan fingerprint density at radius 3 is 2.34 bits per heavy atom. The Morgan fingerprint density at radius 2 is 1.63 bits per heavy atom. The molecule has 0 aliphatic heterocycles. The Bertz CT molecular complexity index is 1580. The van der Waals surface area contributed by atoms with Gasteiger partial charge in [0.05, 0.1) is 18.7 Å². The smallest absolute Gasteiger partial charge is 0.291 e. The van der Waals surface area contributed by atoms with Crippen LogP contribution in [0.25, 0.3) is 16.8 Å². The second-order valence-electron chi connectivity index (χ2n) is 9.36. The van der Waals surface area contributed by atoms with E-state index in [-0.39, 0.29) is 18.0 Å². The van der Waals surface area contributed by atoms with Crippen LogP contribution in [0.3, 0.4) is 0 Å². The summed E-state index contributed by atoms with van der Waals surface area (Å²) in [5.74, 6) is -0.204. The number of benzene rings is 3. The third-order valence-corrected chi connectivity index (χ3v) is 6.82. The second kappa shape index (κ2) is 11.2. The molecule has 0 saturated heterocycles. The Morgan fingerprint density at radius 1 is 0.895 bits per heavy atom. The van der Waals surface area contributed by atoms with Gasteiger partial charge in [-0.1, -0.05) is 86.1 Å². The fourth-order valence-corrected chi connectivity index (χ4v) is 4.83. The molecule has 5 rings (SSSR count). The van der Waals surface area contributed by atoms with Gasteiger partial charge in [0.15, 0.2) is 0 Å². The van der Waals surface area contributed by atoms with Crippen molar-refractivity contribution in [1.29, 1.82) is 0 Å². The lowest BCUT2D eigenvalue weighted by Crippen LogP contribution is -2.31. The van der Waals surface area contributed by atoms with E-state index in [2.05, 4.69) is 22.4 Å². The van der Waals surface area contributed by atoms with Crippen molar-refractivity contribution >= 4 is 5.91 Å². The molecule has 38 heavy (non-hydrogen) atoms. The van der Waals surface area contributed by atoms with Crippen LogP contribution >= 0.6 is 0 Å². The van der Waals surface area contributed by atoms with Crippen molar-refractivity contribution in [2.45, 2.75) is 46.1 Å². The standard InChI is InChI=1S/C30H30N6O2/c1-3-4-13-27-22(2)36(29(37)19-23-10-6-5-7-11-23)30(38)34(27)20-24-15-17-25(18-16-24)26-12-8-9-14-28(26)35-21-31-32-33-35/h5-12,14-18,21H,3-4,13,19-20H2,1-2H3. The summed E-state index contributed by atoms with van der Waals surface area (Å²) in [6.45, 7) is 4.41. The highest BCUT2D eigenvalue weighted by atomic mass is 16.2. The first-order valence-electron chi connectivity index (χ1n) is 12.9. The maximum absolute atomic E-state index is 13.6. The monoisotopic (exact) mass is 506 g/mol. The summed E-state index contributed by atoms with van der Waals surface area (Å²) >= 11 is 0. The maximum atomic E-state index is 13.6. The normalized spacial score (nSPS) is 11.1. The quantitative estimate of drug-likeness (QED) is 0.285. The highest BCUT2D eigenvalue weighted by molar-refractivity contribution is 5.82. The van der Waals surface area contributed by atoms with Crippen molar-refractivity contribution in [1.82, 2.24) is 29.3 Å². The van der Waals surface area contributed by atoms with Gasteiger partial charge in [-0.3, -0.25) is 9.36 Å². The molecule has 0 amide bonds. The first-order chi connectivity index (χ1) is 18.6. The summed E-state index contributed by atoms with van der Waals surface area (Å²) in [5, 5.41) is 11.5. The maximum Gasteiger partial charge on any atom is 0.335 e. The zero-order chi connectivity index (χ0) is 26.5. The predicted molar refractivity (Wildman–Crippen MR) is 147 cm³/mol. The number of tetrazole rings is 1. The van der Waals surface area contributed by atoms with E-state index in [0.717, 1.165) is 58.6 Å². The lowest BCUT2D eigenvalue weighted by atomic mass is 10.0. The first kappa shape index (κ1) is 25.1. The molecule has 192 valence electrons.